The van der Waals surface area contributed by atoms with Gasteiger partial charge in [-0.1, -0.05) is 17.8 Å². The van der Waals surface area contributed by atoms with Gasteiger partial charge in [0, 0.05) is 23.5 Å². The smallest absolute Gasteiger partial charge is 0.102 e. The molecule has 0 saturated heterocycles. The Morgan fingerprint density at radius 2 is 2.10 bits per heavy atom. The van der Waals surface area contributed by atoms with Gasteiger partial charge in [0.05, 0.1) is 5.69 Å². The minimum atomic E-state index is 0.160. The lowest BCUT2D eigenvalue weighted by atomic mass is 10.1. The standard InChI is InChI=1S/C17H23N3S/c1-11(18)9-16-12(2)19-20(3)17(16)21-15-8-7-13-5-4-6-14(13)10-15/h7-8,10-11H,4-6,9,18H2,1-3H3. The number of aryl methyl sites for hydroxylation is 4. The lowest BCUT2D eigenvalue weighted by Crippen LogP contribution is -2.18. The highest BCUT2D eigenvalue weighted by Gasteiger charge is 2.17. The summed E-state index contributed by atoms with van der Waals surface area (Å²) in [4.78, 5) is 1.31. The molecular formula is C17H23N3S. The fourth-order valence-electron chi connectivity index (χ4n) is 3.09. The summed E-state index contributed by atoms with van der Waals surface area (Å²) in [6, 6.07) is 7.05. The molecule has 4 heteroatoms. The van der Waals surface area contributed by atoms with E-state index in [2.05, 4.69) is 37.1 Å². The average molecular weight is 301 g/mol. The van der Waals surface area contributed by atoms with Gasteiger partial charge in [0.25, 0.3) is 0 Å². The molecule has 1 atom stereocenters. The molecule has 1 aliphatic rings. The number of hydrogen-bond acceptors (Lipinski definition) is 3. The lowest BCUT2D eigenvalue weighted by molar-refractivity contribution is 0.677. The monoisotopic (exact) mass is 301 g/mol. The highest BCUT2D eigenvalue weighted by molar-refractivity contribution is 7.99. The van der Waals surface area contributed by atoms with Crippen LogP contribution in [-0.2, 0) is 26.3 Å². The van der Waals surface area contributed by atoms with Crippen LogP contribution in [0.15, 0.2) is 28.1 Å². The Balaban J connectivity index is 1.91. The molecule has 0 amide bonds. The topological polar surface area (TPSA) is 43.8 Å². The van der Waals surface area contributed by atoms with Crippen molar-refractivity contribution in [3.05, 3.63) is 40.6 Å². The van der Waals surface area contributed by atoms with Crippen LogP contribution in [0.5, 0.6) is 0 Å². The molecule has 0 bridgehead atoms. The summed E-state index contributed by atoms with van der Waals surface area (Å²) in [5.74, 6) is 0. The normalized spacial score (nSPS) is 15.2. The maximum atomic E-state index is 5.99. The number of fused-ring (bicyclic) bond motifs is 1. The van der Waals surface area contributed by atoms with Gasteiger partial charge in [-0.05, 0) is 62.8 Å². The third-order valence-corrected chi connectivity index (χ3v) is 5.29. The van der Waals surface area contributed by atoms with Crippen molar-refractivity contribution in [2.75, 3.05) is 0 Å². The predicted molar refractivity (Wildman–Crippen MR) is 87.9 cm³/mol. The van der Waals surface area contributed by atoms with E-state index in [0.29, 0.717) is 0 Å². The SMILES string of the molecule is Cc1nn(C)c(Sc2ccc3c(c2)CCC3)c1CC(C)N. The molecule has 1 heterocycles. The maximum Gasteiger partial charge on any atom is 0.102 e. The first-order chi connectivity index (χ1) is 10.0. The Morgan fingerprint density at radius 1 is 1.33 bits per heavy atom. The first kappa shape index (κ1) is 14.7. The zero-order chi connectivity index (χ0) is 15.0. The Hall–Kier alpha value is -1.26. The second-order valence-corrected chi connectivity index (χ2v) is 7.12. The molecule has 0 spiro atoms. The molecular weight excluding hydrogens is 278 g/mol. The van der Waals surface area contributed by atoms with Crippen LogP contribution in [0.1, 0.15) is 35.7 Å². The van der Waals surface area contributed by atoms with Gasteiger partial charge in [-0.3, -0.25) is 4.68 Å². The third-order valence-electron chi connectivity index (χ3n) is 4.10. The van der Waals surface area contributed by atoms with Gasteiger partial charge in [-0.2, -0.15) is 5.10 Å². The first-order valence-electron chi connectivity index (χ1n) is 7.62. The summed E-state index contributed by atoms with van der Waals surface area (Å²) in [5, 5.41) is 5.80. The molecule has 21 heavy (non-hydrogen) atoms. The fraction of sp³-hybridized carbons (Fsp3) is 0.471. The van der Waals surface area contributed by atoms with Crippen LogP contribution in [0.2, 0.25) is 0 Å². The Bertz CT molecular complexity index is 658. The zero-order valence-corrected chi connectivity index (χ0v) is 13.8. The summed E-state index contributed by atoms with van der Waals surface area (Å²) in [6.45, 7) is 4.13. The van der Waals surface area contributed by atoms with Crippen molar-refractivity contribution in [1.82, 2.24) is 9.78 Å². The fourth-order valence-corrected chi connectivity index (χ4v) is 4.18. The van der Waals surface area contributed by atoms with E-state index in [-0.39, 0.29) is 6.04 Å². The van der Waals surface area contributed by atoms with Gasteiger partial charge in [-0.25, -0.2) is 0 Å². The molecule has 3 rings (SSSR count). The largest absolute Gasteiger partial charge is 0.328 e. The van der Waals surface area contributed by atoms with Crippen LogP contribution < -0.4 is 5.73 Å². The van der Waals surface area contributed by atoms with E-state index < -0.39 is 0 Å². The number of nitrogens with zero attached hydrogens (tertiary/aromatic N) is 2. The third kappa shape index (κ3) is 3.01. The van der Waals surface area contributed by atoms with Gasteiger partial charge in [-0.15, -0.1) is 0 Å². The van der Waals surface area contributed by atoms with Crippen molar-refractivity contribution in [1.29, 1.82) is 0 Å². The summed E-state index contributed by atoms with van der Waals surface area (Å²) >= 11 is 1.81. The minimum absolute atomic E-state index is 0.160. The molecule has 0 aliphatic heterocycles. The van der Waals surface area contributed by atoms with E-state index in [9.17, 15) is 0 Å². The van der Waals surface area contributed by atoms with Gasteiger partial charge in [0.2, 0.25) is 0 Å². The molecule has 1 aliphatic carbocycles. The number of aromatic nitrogens is 2. The Kier molecular flexibility index (Phi) is 4.09. The van der Waals surface area contributed by atoms with Crippen LogP contribution in [0.25, 0.3) is 0 Å². The van der Waals surface area contributed by atoms with Crippen molar-refractivity contribution < 1.29 is 0 Å². The molecule has 3 nitrogen and oxygen atoms in total. The van der Waals surface area contributed by atoms with Gasteiger partial charge < -0.3 is 5.73 Å². The summed E-state index contributed by atoms with van der Waals surface area (Å²) in [6.07, 6.45) is 4.64. The number of nitrogens with two attached hydrogens (primary N) is 1. The number of rotatable bonds is 4. The second kappa shape index (κ2) is 5.85. The first-order valence-corrected chi connectivity index (χ1v) is 8.44. The van der Waals surface area contributed by atoms with E-state index in [1.807, 2.05) is 23.5 Å². The lowest BCUT2D eigenvalue weighted by Gasteiger charge is -2.10. The highest BCUT2D eigenvalue weighted by atomic mass is 32.2. The number of hydrogen-bond donors (Lipinski definition) is 1. The molecule has 1 unspecified atom stereocenters. The zero-order valence-electron chi connectivity index (χ0n) is 13.0. The maximum absolute atomic E-state index is 5.99. The Labute approximate surface area is 130 Å². The molecule has 1 aromatic heterocycles. The van der Waals surface area contributed by atoms with E-state index in [4.69, 9.17) is 5.73 Å². The van der Waals surface area contributed by atoms with Gasteiger partial charge >= 0.3 is 0 Å². The molecule has 2 N–H and O–H groups in total. The average Bonchev–Trinajstić information content (AvgIpc) is 2.97. The van der Waals surface area contributed by atoms with E-state index in [0.717, 1.165) is 12.1 Å². The van der Waals surface area contributed by atoms with E-state index in [1.165, 1.54) is 45.9 Å². The van der Waals surface area contributed by atoms with Crippen LogP contribution in [0, 0.1) is 6.92 Å². The summed E-state index contributed by atoms with van der Waals surface area (Å²) in [5.41, 5.74) is 11.4. The molecule has 1 aromatic carbocycles. The minimum Gasteiger partial charge on any atom is -0.328 e. The van der Waals surface area contributed by atoms with Crippen molar-refractivity contribution >= 4 is 11.8 Å². The van der Waals surface area contributed by atoms with E-state index in [1.54, 1.807) is 0 Å². The molecule has 0 radical (unpaired) electrons. The van der Waals surface area contributed by atoms with Gasteiger partial charge in [0.1, 0.15) is 5.03 Å². The van der Waals surface area contributed by atoms with Crippen LogP contribution in [0.3, 0.4) is 0 Å². The highest BCUT2D eigenvalue weighted by Crippen LogP contribution is 2.34. The van der Waals surface area contributed by atoms with Crippen LogP contribution >= 0.6 is 11.8 Å². The van der Waals surface area contributed by atoms with Crippen molar-refractivity contribution in [2.24, 2.45) is 12.8 Å². The van der Waals surface area contributed by atoms with Crippen molar-refractivity contribution in [3.63, 3.8) is 0 Å². The quantitative estimate of drug-likeness (QED) is 0.942. The molecule has 0 fully saturated rings. The summed E-state index contributed by atoms with van der Waals surface area (Å²) < 4.78 is 1.99. The van der Waals surface area contributed by atoms with Gasteiger partial charge in [0.15, 0.2) is 0 Å². The van der Waals surface area contributed by atoms with Crippen LogP contribution in [-0.4, -0.2) is 15.8 Å². The van der Waals surface area contributed by atoms with Crippen molar-refractivity contribution in [2.45, 2.75) is 55.5 Å². The molecule has 0 saturated carbocycles. The summed E-state index contributed by atoms with van der Waals surface area (Å²) in [7, 11) is 2.02. The predicted octanol–water partition coefficient (Wildman–Crippen LogP) is 3.26. The molecule has 112 valence electrons. The number of benzene rings is 1. The van der Waals surface area contributed by atoms with Crippen molar-refractivity contribution in [3.8, 4) is 0 Å². The second-order valence-electron chi connectivity index (χ2n) is 6.06. The van der Waals surface area contributed by atoms with Crippen LogP contribution in [0.4, 0.5) is 0 Å². The molecule has 2 aromatic rings. The van der Waals surface area contributed by atoms with E-state index >= 15 is 0 Å². The Morgan fingerprint density at radius 3 is 2.86 bits per heavy atom.